The summed E-state index contributed by atoms with van der Waals surface area (Å²) >= 11 is 0. The number of hydrogen-bond acceptors (Lipinski definition) is 1. The van der Waals surface area contributed by atoms with Crippen molar-refractivity contribution in [2.24, 2.45) is 0 Å². The van der Waals surface area contributed by atoms with E-state index >= 15 is 0 Å². The number of fused-ring (bicyclic) bond motifs is 1. The van der Waals surface area contributed by atoms with Gasteiger partial charge in [0.15, 0.2) is 0 Å². The Hall–Kier alpha value is -2.75. The van der Waals surface area contributed by atoms with Crippen molar-refractivity contribution >= 4 is 16.7 Å². The van der Waals surface area contributed by atoms with Crippen LogP contribution in [0, 0.1) is 11.6 Å². The van der Waals surface area contributed by atoms with Gasteiger partial charge in [0.1, 0.15) is 11.6 Å². The molecule has 0 aromatic heterocycles. The Bertz CT molecular complexity index is 857. The summed E-state index contributed by atoms with van der Waals surface area (Å²) in [5.74, 6) is -2.08. The first-order chi connectivity index (χ1) is 10.1. The van der Waals surface area contributed by atoms with Crippen molar-refractivity contribution in [3.63, 3.8) is 0 Å². The standard InChI is InChI=1S/C17H10F2O2/c18-15-8-6-12(11-3-1-2-4-13(11)15)14-9-10(17(20)21)5-7-16(14)19/h1-9H,(H,20,21). The molecule has 0 bridgehead atoms. The zero-order valence-electron chi connectivity index (χ0n) is 10.8. The van der Waals surface area contributed by atoms with Crippen LogP contribution in [0.3, 0.4) is 0 Å². The number of carbonyl (C=O) groups is 1. The third kappa shape index (κ3) is 2.25. The molecule has 0 saturated carbocycles. The van der Waals surface area contributed by atoms with Gasteiger partial charge in [-0.05, 0) is 35.2 Å². The average molecular weight is 284 g/mol. The van der Waals surface area contributed by atoms with Crippen LogP contribution in [0.1, 0.15) is 10.4 Å². The number of benzene rings is 3. The molecule has 21 heavy (non-hydrogen) atoms. The fraction of sp³-hybridized carbons (Fsp3) is 0. The molecule has 0 atom stereocenters. The molecule has 0 aliphatic heterocycles. The molecule has 0 spiro atoms. The number of halogens is 2. The summed E-state index contributed by atoms with van der Waals surface area (Å²) in [6, 6.07) is 13.0. The molecular weight excluding hydrogens is 274 g/mol. The second-order valence-corrected chi connectivity index (χ2v) is 4.64. The maximum atomic E-state index is 14.1. The molecule has 0 amide bonds. The molecule has 1 N–H and O–H groups in total. The minimum absolute atomic E-state index is 0.0141. The molecule has 0 heterocycles. The normalized spacial score (nSPS) is 10.8. The number of carboxylic acid groups (broad SMARTS) is 1. The van der Waals surface area contributed by atoms with Crippen LogP contribution in [-0.4, -0.2) is 11.1 Å². The Kier molecular flexibility index (Phi) is 3.14. The molecule has 3 rings (SSSR count). The van der Waals surface area contributed by atoms with E-state index in [1.54, 1.807) is 24.3 Å². The Morgan fingerprint density at radius 3 is 2.19 bits per heavy atom. The van der Waals surface area contributed by atoms with Crippen LogP contribution in [0.15, 0.2) is 54.6 Å². The molecule has 4 heteroatoms. The fourth-order valence-electron chi connectivity index (χ4n) is 2.36. The van der Waals surface area contributed by atoms with Gasteiger partial charge in [-0.3, -0.25) is 0 Å². The van der Waals surface area contributed by atoms with Gasteiger partial charge in [0.2, 0.25) is 0 Å². The van der Waals surface area contributed by atoms with Crippen molar-refractivity contribution in [3.8, 4) is 11.1 Å². The SMILES string of the molecule is O=C(O)c1ccc(F)c(-c2ccc(F)c3ccccc23)c1. The lowest BCUT2D eigenvalue weighted by molar-refractivity contribution is 0.0697. The van der Waals surface area contributed by atoms with E-state index in [0.717, 1.165) is 6.07 Å². The Morgan fingerprint density at radius 2 is 1.48 bits per heavy atom. The first-order valence-electron chi connectivity index (χ1n) is 6.28. The second kappa shape index (κ2) is 4.98. The van der Waals surface area contributed by atoms with Gasteiger partial charge in [0, 0.05) is 10.9 Å². The summed E-state index contributed by atoms with van der Waals surface area (Å²) in [6.45, 7) is 0. The number of hydrogen-bond donors (Lipinski definition) is 1. The quantitative estimate of drug-likeness (QED) is 0.753. The predicted octanol–water partition coefficient (Wildman–Crippen LogP) is 4.48. The summed E-state index contributed by atoms with van der Waals surface area (Å²) in [7, 11) is 0. The first-order valence-corrected chi connectivity index (χ1v) is 6.28. The van der Waals surface area contributed by atoms with Gasteiger partial charge in [-0.15, -0.1) is 0 Å². The van der Waals surface area contributed by atoms with Crippen molar-refractivity contribution in [1.29, 1.82) is 0 Å². The van der Waals surface area contributed by atoms with E-state index < -0.39 is 17.6 Å². The smallest absolute Gasteiger partial charge is 0.335 e. The van der Waals surface area contributed by atoms with E-state index in [2.05, 4.69) is 0 Å². The minimum atomic E-state index is -1.14. The van der Waals surface area contributed by atoms with Crippen molar-refractivity contribution in [2.75, 3.05) is 0 Å². The Morgan fingerprint density at radius 1 is 0.810 bits per heavy atom. The fourth-order valence-corrected chi connectivity index (χ4v) is 2.36. The average Bonchev–Trinajstić information content (AvgIpc) is 2.49. The zero-order valence-corrected chi connectivity index (χ0v) is 10.8. The topological polar surface area (TPSA) is 37.3 Å². The van der Waals surface area contributed by atoms with E-state index in [9.17, 15) is 13.6 Å². The van der Waals surface area contributed by atoms with Crippen molar-refractivity contribution in [2.45, 2.75) is 0 Å². The molecule has 3 aromatic carbocycles. The second-order valence-electron chi connectivity index (χ2n) is 4.64. The van der Waals surface area contributed by atoms with E-state index in [0.29, 0.717) is 16.3 Å². The third-order valence-electron chi connectivity index (χ3n) is 3.37. The number of rotatable bonds is 2. The van der Waals surface area contributed by atoms with Gasteiger partial charge in [0.25, 0.3) is 0 Å². The van der Waals surface area contributed by atoms with Crippen LogP contribution in [0.4, 0.5) is 8.78 Å². The van der Waals surface area contributed by atoms with Crippen molar-refractivity contribution in [3.05, 3.63) is 71.8 Å². The van der Waals surface area contributed by atoms with Gasteiger partial charge in [-0.1, -0.05) is 30.3 Å². The molecule has 0 aliphatic rings. The van der Waals surface area contributed by atoms with Crippen molar-refractivity contribution < 1.29 is 18.7 Å². The molecule has 2 nitrogen and oxygen atoms in total. The van der Waals surface area contributed by atoms with Crippen molar-refractivity contribution in [1.82, 2.24) is 0 Å². The lowest BCUT2D eigenvalue weighted by atomic mass is 9.96. The molecule has 3 aromatic rings. The van der Waals surface area contributed by atoms with Gasteiger partial charge in [-0.25, -0.2) is 13.6 Å². The van der Waals surface area contributed by atoms with E-state index in [-0.39, 0.29) is 11.1 Å². The van der Waals surface area contributed by atoms with Crippen LogP contribution in [0.5, 0.6) is 0 Å². The summed E-state index contributed by atoms with van der Waals surface area (Å²) in [4.78, 5) is 11.0. The highest BCUT2D eigenvalue weighted by molar-refractivity contribution is 5.98. The van der Waals surface area contributed by atoms with Gasteiger partial charge in [0.05, 0.1) is 5.56 Å². The third-order valence-corrected chi connectivity index (χ3v) is 3.37. The summed E-state index contributed by atoms with van der Waals surface area (Å²) in [5, 5.41) is 9.93. The van der Waals surface area contributed by atoms with Gasteiger partial charge in [-0.2, -0.15) is 0 Å². The summed E-state index contributed by atoms with van der Waals surface area (Å²) in [6.07, 6.45) is 0. The molecule has 0 fully saturated rings. The van der Waals surface area contributed by atoms with Crippen LogP contribution in [0.2, 0.25) is 0 Å². The van der Waals surface area contributed by atoms with Crippen LogP contribution in [-0.2, 0) is 0 Å². The van der Waals surface area contributed by atoms with Gasteiger partial charge >= 0.3 is 5.97 Å². The molecule has 104 valence electrons. The largest absolute Gasteiger partial charge is 0.478 e. The zero-order chi connectivity index (χ0) is 15.0. The molecule has 0 radical (unpaired) electrons. The number of aromatic carboxylic acids is 1. The maximum absolute atomic E-state index is 14.1. The highest BCUT2D eigenvalue weighted by atomic mass is 19.1. The molecular formula is C17H10F2O2. The minimum Gasteiger partial charge on any atom is -0.478 e. The lowest BCUT2D eigenvalue weighted by Gasteiger charge is -2.09. The molecule has 0 saturated heterocycles. The maximum Gasteiger partial charge on any atom is 0.335 e. The number of carboxylic acids is 1. The first kappa shape index (κ1) is 13.2. The summed E-state index contributed by atoms with van der Waals surface area (Å²) in [5.41, 5.74) is 0.596. The van der Waals surface area contributed by atoms with Crippen LogP contribution >= 0.6 is 0 Å². The van der Waals surface area contributed by atoms with E-state index in [4.69, 9.17) is 5.11 Å². The molecule has 0 unspecified atom stereocenters. The molecule has 0 aliphatic carbocycles. The van der Waals surface area contributed by atoms with Gasteiger partial charge < -0.3 is 5.11 Å². The Labute approximate surface area is 119 Å². The highest BCUT2D eigenvalue weighted by Gasteiger charge is 2.13. The monoisotopic (exact) mass is 284 g/mol. The predicted molar refractivity (Wildman–Crippen MR) is 76.3 cm³/mol. The van der Waals surface area contributed by atoms with Crippen LogP contribution < -0.4 is 0 Å². The van der Waals surface area contributed by atoms with Crippen LogP contribution in [0.25, 0.3) is 21.9 Å². The van der Waals surface area contributed by atoms with E-state index in [1.807, 2.05) is 0 Å². The summed E-state index contributed by atoms with van der Waals surface area (Å²) < 4.78 is 27.9. The highest BCUT2D eigenvalue weighted by Crippen LogP contribution is 2.32. The lowest BCUT2D eigenvalue weighted by Crippen LogP contribution is -1.98. The Balaban J connectivity index is 2.33. The van der Waals surface area contributed by atoms with E-state index in [1.165, 1.54) is 24.3 Å².